The Morgan fingerprint density at radius 3 is 0.889 bits per heavy atom. The van der Waals surface area contributed by atoms with Crippen molar-refractivity contribution in [3.8, 4) is 0 Å². The summed E-state index contributed by atoms with van der Waals surface area (Å²) in [6, 6.07) is 0. The second-order valence-electron chi connectivity index (χ2n) is 24.8. The molecule has 0 aromatic rings. The number of phosphoric acid groups is 1. The lowest BCUT2D eigenvalue weighted by Crippen LogP contribution is -2.37. The topological polar surface area (TPSA) is 111 Å². The van der Waals surface area contributed by atoms with Crippen LogP contribution in [0.4, 0.5) is 0 Å². The van der Waals surface area contributed by atoms with Crippen LogP contribution in [-0.4, -0.2) is 70.0 Å². The summed E-state index contributed by atoms with van der Waals surface area (Å²) < 4.78 is 34.3. The van der Waals surface area contributed by atoms with E-state index in [1.54, 1.807) is 0 Å². The lowest BCUT2D eigenvalue weighted by Gasteiger charge is -2.28. The minimum absolute atomic E-state index is 0.0415. The van der Waals surface area contributed by atoms with Gasteiger partial charge in [-0.3, -0.25) is 14.2 Å². The molecule has 0 bridgehead atoms. The highest BCUT2D eigenvalue weighted by Crippen LogP contribution is 2.38. The van der Waals surface area contributed by atoms with Gasteiger partial charge in [-0.05, 0) is 122 Å². The van der Waals surface area contributed by atoms with E-state index in [1.165, 1.54) is 116 Å². The van der Waals surface area contributed by atoms with Crippen LogP contribution < -0.4 is 4.89 Å². The first-order valence-corrected chi connectivity index (χ1v) is 37.7. The number of unbranched alkanes of at least 4 members (excludes halogenated alkanes) is 25. The van der Waals surface area contributed by atoms with Crippen molar-refractivity contribution in [1.29, 1.82) is 0 Å². The molecule has 0 amide bonds. The SMILES string of the molecule is CC/C=C\C/C=C\C/C=C\C/C=C\C/C=C\C/C=C\C/C=C\CCCCCCCC(=O)OC(COC(=O)CCCCCCCCCCCCCCCCCCCCCC/C=C\C/C=C\C/C=C\C/C=C\C/C=C\C/C=C\CC)COP(=O)([O-])OCC[N+](C)(C)C. The third kappa shape index (κ3) is 72.7. The fourth-order valence-electron chi connectivity index (χ4n) is 9.58. The maximum atomic E-state index is 12.9. The highest BCUT2D eigenvalue weighted by atomic mass is 31.2. The average molecular weight is 1270 g/mol. The normalized spacial score (nSPS) is 14.1. The van der Waals surface area contributed by atoms with Crippen LogP contribution in [0.2, 0.25) is 0 Å². The molecule has 0 saturated carbocycles. The molecule has 0 aliphatic rings. The van der Waals surface area contributed by atoms with Crippen molar-refractivity contribution >= 4 is 19.8 Å². The summed E-state index contributed by atoms with van der Waals surface area (Å²) >= 11 is 0. The summed E-state index contributed by atoms with van der Waals surface area (Å²) in [7, 11) is 1.14. The van der Waals surface area contributed by atoms with Gasteiger partial charge >= 0.3 is 11.9 Å². The van der Waals surface area contributed by atoms with Gasteiger partial charge in [-0.15, -0.1) is 0 Å². The molecular weight excluding hydrogens is 1130 g/mol. The number of phosphoric ester groups is 1. The summed E-state index contributed by atoms with van der Waals surface area (Å²) in [5.41, 5.74) is 0. The number of likely N-dealkylation sites (N-methyl/N-ethyl adjacent to an activating group) is 1. The summed E-state index contributed by atoms with van der Waals surface area (Å²) in [5, 5.41) is 0. The number of allylic oxidation sites excluding steroid dienone is 26. The maximum Gasteiger partial charge on any atom is 0.306 e. The van der Waals surface area contributed by atoms with Crippen molar-refractivity contribution in [3.63, 3.8) is 0 Å². The molecule has 0 aliphatic carbocycles. The summed E-state index contributed by atoms with van der Waals surface area (Å²) in [6.45, 7) is 3.99. The van der Waals surface area contributed by atoms with Crippen molar-refractivity contribution in [3.05, 3.63) is 158 Å². The monoisotopic (exact) mass is 1270 g/mol. The quantitative estimate of drug-likeness (QED) is 0.0195. The van der Waals surface area contributed by atoms with E-state index in [0.717, 1.165) is 135 Å². The van der Waals surface area contributed by atoms with Gasteiger partial charge in [0, 0.05) is 12.8 Å². The van der Waals surface area contributed by atoms with Crippen LogP contribution in [0, 0.1) is 0 Å². The Bertz CT molecular complexity index is 2080. The lowest BCUT2D eigenvalue weighted by atomic mass is 10.0. The van der Waals surface area contributed by atoms with E-state index in [0.29, 0.717) is 17.4 Å². The highest BCUT2D eigenvalue weighted by Gasteiger charge is 2.22. The number of rotatable bonds is 65. The average Bonchev–Trinajstić information content (AvgIpc) is 3.61. The van der Waals surface area contributed by atoms with Gasteiger partial charge in [0.2, 0.25) is 0 Å². The zero-order valence-electron chi connectivity index (χ0n) is 58.3. The molecule has 9 nitrogen and oxygen atoms in total. The molecule has 0 radical (unpaired) electrons. The van der Waals surface area contributed by atoms with Gasteiger partial charge < -0.3 is 27.9 Å². The molecule has 0 rings (SSSR count). The highest BCUT2D eigenvalue weighted by molar-refractivity contribution is 7.45. The molecule has 0 spiro atoms. The Hall–Kier alpha value is -4.37. The zero-order valence-corrected chi connectivity index (χ0v) is 59.2. The Labute approximate surface area is 554 Å². The Morgan fingerprint density at radius 2 is 0.600 bits per heavy atom. The van der Waals surface area contributed by atoms with E-state index in [-0.39, 0.29) is 26.1 Å². The van der Waals surface area contributed by atoms with Crippen molar-refractivity contribution in [2.75, 3.05) is 47.5 Å². The number of hydrogen-bond acceptors (Lipinski definition) is 8. The van der Waals surface area contributed by atoms with Gasteiger partial charge in [0.1, 0.15) is 19.8 Å². The van der Waals surface area contributed by atoms with Gasteiger partial charge in [0.15, 0.2) is 6.10 Å². The molecule has 0 fully saturated rings. The number of nitrogens with zero attached hydrogens (tertiary/aromatic N) is 1. The molecule has 0 N–H and O–H groups in total. The molecular formula is C80H134NO8P. The number of quaternary nitrogens is 1. The van der Waals surface area contributed by atoms with Crippen LogP contribution in [0.25, 0.3) is 0 Å². The molecule has 2 unspecified atom stereocenters. The fourth-order valence-corrected chi connectivity index (χ4v) is 10.3. The predicted octanol–water partition coefficient (Wildman–Crippen LogP) is 23.3. The summed E-state index contributed by atoms with van der Waals surface area (Å²) in [4.78, 5) is 38.1. The molecule has 0 aromatic carbocycles. The largest absolute Gasteiger partial charge is 0.756 e. The first kappa shape index (κ1) is 85.6. The van der Waals surface area contributed by atoms with Gasteiger partial charge in [-0.2, -0.15) is 0 Å². The number of hydrogen-bond donors (Lipinski definition) is 0. The maximum absolute atomic E-state index is 12.9. The Kier molecular flexibility index (Phi) is 65.6. The first-order valence-electron chi connectivity index (χ1n) is 36.2. The second-order valence-corrected chi connectivity index (χ2v) is 26.2. The molecule has 2 atom stereocenters. The number of carbonyl (C=O) groups is 2. The third-order valence-electron chi connectivity index (χ3n) is 15.0. The molecule has 90 heavy (non-hydrogen) atoms. The lowest BCUT2D eigenvalue weighted by molar-refractivity contribution is -0.870. The van der Waals surface area contributed by atoms with Crippen LogP contribution in [0.3, 0.4) is 0 Å². The van der Waals surface area contributed by atoms with E-state index in [1.807, 2.05) is 21.1 Å². The van der Waals surface area contributed by atoms with E-state index in [9.17, 15) is 19.0 Å². The number of esters is 2. The molecule has 512 valence electrons. The molecule has 0 aromatic heterocycles. The molecule has 0 saturated heterocycles. The fraction of sp³-hybridized carbons (Fsp3) is 0.650. The first-order chi connectivity index (χ1) is 44.0. The minimum atomic E-state index is -4.66. The Balaban J connectivity index is 4.05. The zero-order chi connectivity index (χ0) is 65.5. The number of carbonyl (C=O) groups excluding carboxylic acids is 2. The van der Waals surface area contributed by atoms with Crippen LogP contribution >= 0.6 is 7.82 Å². The van der Waals surface area contributed by atoms with Gasteiger partial charge in [-0.1, -0.05) is 307 Å². The van der Waals surface area contributed by atoms with Crippen molar-refractivity contribution in [2.45, 2.75) is 290 Å². The van der Waals surface area contributed by atoms with Crippen LogP contribution in [-0.2, 0) is 32.7 Å². The molecule has 10 heteroatoms. The van der Waals surface area contributed by atoms with Crippen LogP contribution in [0.1, 0.15) is 284 Å². The molecule has 0 aliphatic heterocycles. The summed E-state index contributed by atoms with van der Waals surface area (Å²) in [6.07, 6.45) is 103. The van der Waals surface area contributed by atoms with Crippen LogP contribution in [0.5, 0.6) is 0 Å². The van der Waals surface area contributed by atoms with Crippen LogP contribution in [0.15, 0.2) is 158 Å². The van der Waals surface area contributed by atoms with Gasteiger partial charge in [-0.25, -0.2) is 0 Å². The van der Waals surface area contributed by atoms with Gasteiger partial charge in [0.25, 0.3) is 7.82 Å². The second kappa shape index (κ2) is 69.0. The Morgan fingerprint density at radius 1 is 0.344 bits per heavy atom. The van der Waals surface area contributed by atoms with Crippen molar-refractivity contribution in [2.24, 2.45) is 0 Å². The van der Waals surface area contributed by atoms with E-state index < -0.39 is 32.5 Å². The predicted molar refractivity (Wildman–Crippen MR) is 387 cm³/mol. The van der Waals surface area contributed by atoms with E-state index in [4.69, 9.17) is 18.5 Å². The van der Waals surface area contributed by atoms with Crippen molar-refractivity contribution in [1.82, 2.24) is 0 Å². The molecule has 0 heterocycles. The summed E-state index contributed by atoms with van der Waals surface area (Å²) in [5.74, 6) is -0.857. The minimum Gasteiger partial charge on any atom is -0.756 e. The van der Waals surface area contributed by atoms with Crippen molar-refractivity contribution < 1.29 is 42.1 Å². The number of ether oxygens (including phenoxy) is 2. The standard InChI is InChI=1S/C80H134NO8P/c1-6-8-10-12-14-16-18-20-22-24-26-28-30-32-34-35-36-37-38-39-40-41-42-43-44-45-47-48-50-52-54-56-58-60-62-64-66-68-70-72-79(82)86-76-78(77-88-90(84,85)87-75-74-81(3,4)5)89-80(83)73-71-69-67-65-63-61-59-57-55-53-51-49-46-33-31-29-27-25-23-21-19-17-15-13-11-9-7-2/h8-11,14-17,20-23,26-29,32-34,36-37,46,51,53,57,59,78H,6-7,12-13,18-19,24-25,30-31,35,38-45,47-50,52,54-56,58,60-77H2,1-5H3/b10-8-,11-9-,16-14-,17-15-,22-20-,23-21-,28-26-,29-27-,34-32-,37-36-,46-33-,53-51-,59-57-. The van der Waals surface area contributed by atoms with Gasteiger partial charge in [0.05, 0.1) is 27.7 Å². The smallest absolute Gasteiger partial charge is 0.306 e. The third-order valence-corrected chi connectivity index (χ3v) is 16.0. The van der Waals surface area contributed by atoms with E-state index >= 15 is 0 Å². The van der Waals surface area contributed by atoms with E-state index in [2.05, 4.69) is 172 Å².